The lowest BCUT2D eigenvalue weighted by Gasteiger charge is -2.14. The second-order valence-electron chi connectivity index (χ2n) is 5.23. The van der Waals surface area contributed by atoms with Crippen molar-refractivity contribution in [1.29, 1.82) is 0 Å². The van der Waals surface area contributed by atoms with E-state index in [1.807, 2.05) is 6.07 Å². The summed E-state index contributed by atoms with van der Waals surface area (Å²) < 4.78 is 0.832. The molecule has 0 spiro atoms. The molecule has 6 heteroatoms. The summed E-state index contributed by atoms with van der Waals surface area (Å²) in [5.74, 6) is 0.221. The number of anilines is 1. The van der Waals surface area contributed by atoms with Crippen molar-refractivity contribution in [3.8, 4) is 0 Å². The molecular formula is C13H15BrN4O. The molecule has 100 valence electrons. The summed E-state index contributed by atoms with van der Waals surface area (Å²) in [6.07, 6.45) is 1.58. The van der Waals surface area contributed by atoms with E-state index in [4.69, 9.17) is 0 Å². The number of aromatic amines is 1. The Labute approximate surface area is 120 Å². The Morgan fingerprint density at radius 3 is 2.63 bits per heavy atom. The molecule has 5 nitrogen and oxygen atoms in total. The molecule has 19 heavy (non-hydrogen) atoms. The van der Waals surface area contributed by atoms with Crippen LogP contribution in [0.25, 0.3) is 0 Å². The SMILES string of the molecule is CC(C)(C)c1cc(NC(=O)c2ccc(Br)cn2)n[nH]1. The van der Waals surface area contributed by atoms with Crippen LogP contribution < -0.4 is 5.32 Å². The van der Waals surface area contributed by atoms with Crippen LogP contribution in [-0.4, -0.2) is 21.1 Å². The zero-order valence-electron chi connectivity index (χ0n) is 11.0. The number of halogens is 1. The average molecular weight is 323 g/mol. The molecule has 2 aromatic rings. The molecule has 0 fully saturated rings. The Morgan fingerprint density at radius 1 is 1.37 bits per heavy atom. The quantitative estimate of drug-likeness (QED) is 0.892. The Bertz CT molecular complexity index is 583. The Kier molecular flexibility index (Phi) is 3.71. The second-order valence-corrected chi connectivity index (χ2v) is 6.15. The van der Waals surface area contributed by atoms with E-state index in [0.717, 1.165) is 10.2 Å². The molecular weight excluding hydrogens is 308 g/mol. The number of hydrogen-bond acceptors (Lipinski definition) is 3. The fourth-order valence-electron chi connectivity index (χ4n) is 1.46. The van der Waals surface area contributed by atoms with Gasteiger partial charge in [0.1, 0.15) is 5.69 Å². The third-order valence-electron chi connectivity index (χ3n) is 2.59. The minimum atomic E-state index is -0.278. The predicted molar refractivity (Wildman–Crippen MR) is 77.2 cm³/mol. The van der Waals surface area contributed by atoms with E-state index in [9.17, 15) is 4.79 Å². The van der Waals surface area contributed by atoms with Crippen LogP contribution in [0.5, 0.6) is 0 Å². The average Bonchev–Trinajstić information content (AvgIpc) is 2.78. The van der Waals surface area contributed by atoms with Crippen LogP contribution in [0.15, 0.2) is 28.9 Å². The van der Waals surface area contributed by atoms with Crippen molar-refractivity contribution >= 4 is 27.7 Å². The lowest BCUT2D eigenvalue weighted by Crippen LogP contribution is -2.13. The van der Waals surface area contributed by atoms with Crippen LogP contribution >= 0.6 is 15.9 Å². The molecule has 0 bridgehead atoms. The third-order valence-corrected chi connectivity index (χ3v) is 3.06. The summed E-state index contributed by atoms with van der Waals surface area (Å²) in [5.41, 5.74) is 1.28. The van der Waals surface area contributed by atoms with Gasteiger partial charge in [-0.3, -0.25) is 9.89 Å². The zero-order chi connectivity index (χ0) is 14.0. The van der Waals surface area contributed by atoms with Crippen molar-refractivity contribution in [1.82, 2.24) is 15.2 Å². The number of pyridine rings is 1. The Morgan fingerprint density at radius 2 is 2.11 bits per heavy atom. The number of hydrogen-bond donors (Lipinski definition) is 2. The third kappa shape index (κ3) is 3.41. The fourth-order valence-corrected chi connectivity index (χ4v) is 1.69. The number of H-pyrrole nitrogens is 1. The summed E-state index contributed by atoms with van der Waals surface area (Å²) in [6.45, 7) is 6.22. The van der Waals surface area contributed by atoms with Gasteiger partial charge in [0.25, 0.3) is 5.91 Å². The summed E-state index contributed by atoms with van der Waals surface area (Å²) in [7, 11) is 0. The molecule has 0 radical (unpaired) electrons. The highest BCUT2D eigenvalue weighted by atomic mass is 79.9. The monoisotopic (exact) mass is 322 g/mol. The van der Waals surface area contributed by atoms with Gasteiger partial charge in [0, 0.05) is 27.8 Å². The van der Waals surface area contributed by atoms with E-state index in [-0.39, 0.29) is 11.3 Å². The van der Waals surface area contributed by atoms with Crippen LogP contribution in [0.1, 0.15) is 37.0 Å². The van der Waals surface area contributed by atoms with Gasteiger partial charge >= 0.3 is 0 Å². The largest absolute Gasteiger partial charge is 0.304 e. The van der Waals surface area contributed by atoms with Crippen molar-refractivity contribution in [2.75, 3.05) is 5.32 Å². The highest BCUT2D eigenvalue weighted by molar-refractivity contribution is 9.10. The number of carbonyl (C=O) groups excluding carboxylic acids is 1. The molecule has 0 aliphatic rings. The van der Waals surface area contributed by atoms with E-state index in [1.54, 1.807) is 18.3 Å². The molecule has 2 N–H and O–H groups in total. The predicted octanol–water partition coefficient (Wildman–Crippen LogP) is 3.12. The second kappa shape index (κ2) is 5.13. The van der Waals surface area contributed by atoms with Gasteiger partial charge in [-0.15, -0.1) is 0 Å². The molecule has 2 aromatic heterocycles. The fraction of sp³-hybridized carbons (Fsp3) is 0.308. The number of aromatic nitrogens is 3. The van der Waals surface area contributed by atoms with Gasteiger partial charge in [-0.1, -0.05) is 20.8 Å². The van der Waals surface area contributed by atoms with Crippen LogP contribution in [0, 0.1) is 0 Å². The van der Waals surface area contributed by atoms with E-state index < -0.39 is 0 Å². The molecule has 0 aromatic carbocycles. The van der Waals surface area contributed by atoms with Crippen molar-refractivity contribution in [2.24, 2.45) is 0 Å². The Balaban J connectivity index is 2.11. The first-order chi connectivity index (χ1) is 8.86. The summed E-state index contributed by atoms with van der Waals surface area (Å²) in [4.78, 5) is 16.0. The minimum Gasteiger partial charge on any atom is -0.304 e. The highest BCUT2D eigenvalue weighted by Gasteiger charge is 2.17. The van der Waals surface area contributed by atoms with E-state index in [2.05, 4.69) is 57.2 Å². The highest BCUT2D eigenvalue weighted by Crippen LogP contribution is 2.22. The van der Waals surface area contributed by atoms with Crippen molar-refractivity contribution in [3.63, 3.8) is 0 Å². The zero-order valence-corrected chi connectivity index (χ0v) is 12.6. The maximum Gasteiger partial charge on any atom is 0.275 e. The molecule has 2 heterocycles. The van der Waals surface area contributed by atoms with E-state index >= 15 is 0 Å². The van der Waals surface area contributed by atoms with Crippen molar-refractivity contribution in [3.05, 3.63) is 40.3 Å². The maximum atomic E-state index is 11.9. The number of nitrogens with zero attached hydrogens (tertiary/aromatic N) is 2. The van der Waals surface area contributed by atoms with E-state index in [0.29, 0.717) is 11.5 Å². The molecule has 0 saturated heterocycles. The molecule has 0 aliphatic heterocycles. The standard InChI is InChI=1S/C13H15BrN4O/c1-13(2,3)10-6-11(18-17-10)16-12(19)9-5-4-8(14)7-15-9/h4-7H,1-3H3,(H2,16,17,18,19). The van der Waals surface area contributed by atoms with Crippen LogP contribution in [0.3, 0.4) is 0 Å². The lowest BCUT2D eigenvalue weighted by atomic mass is 9.92. The summed E-state index contributed by atoms with van der Waals surface area (Å²) in [6, 6.07) is 5.25. The smallest absolute Gasteiger partial charge is 0.275 e. The van der Waals surface area contributed by atoms with Gasteiger partial charge in [0.05, 0.1) is 0 Å². The molecule has 0 unspecified atom stereocenters. The van der Waals surface area contributed by atoms with Gasteiger partial charge < -0.3 is 5.32 Å². The molecule has 0 atom stereocenters. The number of carbonyl (C=O) groups is 1. The number of amides is 1. The summed E-state index contributed by atoms with van der Waals surface area (Å²) in [5, 5.41) is 9.70. The van der Waals surface area contributed by atoms with Crippen LogP contribution in [-0.2, 0) is 5.41 Å². The molecule has 0 saturated carbocycles. The number of rotatable bonds is 2. The van der Waals surface area contributed by atoms with Gasteiger partial charge in [-0.25, -0.2) is 4.98 Å². The first-order valence-electron chi connectivity index (χ1n) is 5.85. The first kappa shape index (κ1) is 13.7. The normalized spacial score (nSPS) is 11.4. The number of nitrogens with one attached hydrogen (secondary N) is 2. The molecule has 1 amide bonds. The molecule has 2 rings (SSSR count). The molecule has 0 aliphatic carbocycles. The lowest BCUT2D eigenvalue weighted by molar-refractivity contribution is 0.102. The minimum absolute atomic E-state index is 0.0359. The van der Waals surface area contributed by atoms with Crippen molar-refractivity contribution < 1.29 is 4.79 Å². The van der Waals surface area contributed by atoms with E-state index in [1.165, 1.54) is 0 Å². The van der Waals surface area contributed by atoms with Crippen LogP contribution in [0.2, 0.25) is 0 Å². The van der Waals surface area contributed by atoms with Gasteiger partial charge in [0.2, 0.25) is 0 Å². The van der Waals surface area contributed by atoms with Gasteiger partial charge in [-0.05, 0) is 28.1 Å². The van der Waals surface area contributed by atoms with Gasteiger partial charge in [0.15, 0.2) is 5.82 Å². The van der Waals surface area contributed by atoms with Crippen LogP contribution in [0.4, 0.5) is 5.82 Å². The van der Waals surface area contributed by atoms with Crippen molar-refractivity contribution in [2.45, 2.75) is 26.2 Å². The summed E-state index contributed by atoms with van der Waals surface area (Å²) >= 11 is 3.27. The topological polar surface area (TPSA) is 70.7 Å². The maximum absolute atomic E-state index is 11.9. The van der Waals surface area contributed by atoms with Gasteiger partial charge in [-0.2, -0.15) is 5.10 Å². The Hall–Kier alpha value is -1.69. The first-order valence-corrected chi connectivity index (χ1v) is 6.64.